The highest BCUT2D eigenvalue weighted by atomic mass is 32.2. The van der Waals surface area contributed by atoms with Gasteiger partial charge in [-0.1, -0.05) is 18.2 Å². The Bertz CT molecular complexity index is 1390. The number of hydrogen-bond acceptors (Lipinski definition) is 6. The number of hydrogen-bond donors (Lipinski definition) is 3. The predicted molar refractivity (Wildman–Crippen MR) is 128 cm³/mol. The van der Waals surface area contributed by atoms with Crippen LogP contribution in [0.15, 0.2) is 71.6 Å². The fourth-order valence-corrected chi connectivity index (χ4v) is 4.62. The first-order valence-corrected chi connectivity index (χ1v) is 13.0. The van der Waals surface area contributed by atoms with Gasteiger partial charge in [0.1, 0.15) is 5.75 Å². The summed E-state index contributed by atoms with van der Waals surface area (Å²) in [7, 11) is -5.94. The molecule has 1 amide bonds. The molecule has 174 valence electrons. The highest BCUT2D eigenvalue weighted by molar-refractivity contribution is 7.92. The summed E-state index contributed by atoms with van der Waals surface area (Å²) in [5.41, 5.74) is 1.94. The van der Waals surface area contributed by atoms with E-state index in [1.54, 1.807) is 43.3 Å². The number of nitrogens with one attached hydrogen (secondary N) is 3. The number of para-hydroxylation sites is 2. The molecule has 3 rings (SSSR count). The maximum Gasteiger partial charge on any atom is 0.262 e. The maximum atomic E-state index is 12.7. The SMILES string of the molecule is COc1ccccc1NS(=O)(=O)c1ccc(C(=O)Nc2ccc(C)c(NS(C)(=O)=O)c2)cc1. The van der Waals surface area contributed by atoms with E-state index in [2.05, 4.69) is 14.8 Å². The first kappa shape index (κ1) is 24.1. The maximum absolute atomic E-state index is 12.7. The van der Waals surface area contributed by atoms with Gasteiger partial charge in [0.2, 0.25) is 10.0 Å². The molecule has 0 radical (unpaired) electrons. The van der Waals surface area contributed by atoms with Crippen molar-refractivity contribution in [2.45, 2.75) is 11.8 Å². The predicted octanol–water partition coefficient (Wildman–Crippen LogP) is 3.43. The van der Waals surface area contributed by atoms with Crippen LogP contribution in [0.3, 0.4) is 0 Å². The number of methoxy groups -OCH3 is 1. The van der Waals surface area contributed by atoms with E-state index in [-0.39, 0.29) is 10.5 Å². The summed E-state index contributed by atoms with van der Waals surface area (Å²) in [5, 5.41) is 2.67. The molecule has 0 unspecified atom stereocenters. The number of aryl methyl sites for hydroxylation is 1. The largest absolute Gasteiger partial charge is 0.495 e. The average molecular weight is 490 g/mol. The fourth-order valence-electron chi connectivity index (χ4n) is 2.93. The van der Waals surface area contributed by atoms with Gasteiger partial charge in [-0.3, -0.25) is 14.2 Å². The Morgan fingerprint density at radius 2 is 1.52 bits per heavy atom. The molecule has 0 heterocycles. The third-order valence-electron chi connectivity index (χ3n) is 4.57. The van der Waals surface area contributed by atoms with Crippen LogP contribution in [-0.2, 0) is 20.0 Å². The third kappa shape index (κ3) is 6.24. The number of benzene rings is 3. The Hall–Kier alpha value is -3.57. The molecule has 11 heteroatoms. The number of anilines is 3. The van der Waals surface area contributed by atoms with Crippen molar-refractivity contribution in [1.82, 2.24) is 0 Å². The molecule has 3 N–H and O–H groups in total. The van der Waals surface area contributed by atoms with Crippen LogP contribution in [0.1, 0.15) is 15.9 Å². The molecule has 0 aliphatic carbocycles. The number of ether oxygens (including phenoxy) is 1. The Morgan fingerprint density at radius 3 is 2.15 bits per heavy atom. The second kappa shape index (κ2) is 9.51. The average Bonchev–Trinajstić information content (AvgIpc) is 2.75. The molecule has 0 bridgehead atoms. The van der Waals surface area contributed by atoms with Crippen molar-refractivity contribution in [3.05, 3.63) is 77.9 Å². The molecule has 0 saturated carbocycles. The van der Waals surface area contributed by atoms with E-state index in [1.807, 2.05) is 0 Å². The normalized spacial score (nSPS) is 11.5. The van der Waals surface area contributed by atoms with Crippen LogP contribution in [-0.4, -0.2) is 36.1 Å². The van der Waals surface area contributed by atoms with Gasteiger partial charge >= 0.3 is 0 Å². The summed E-state index contributed by atoms with van der Waals surface area (Å²) in [6.07, 6.45) is 1.04. The van der Waals surface area contributed by atoms with Gasteiger partial charge in [0.25, 0.3) is 15.9 Å². The highest BCUT2D eigenvalue weighted by Gasteiger charge is 2.17. The van der Waals surface area contributed by atoms with Gasteiger partial charge in [0, 0.05) is 11.3 Å². The molecule has 0 aliphatic heterocycles. The minimum Gasteiger partial charge on any atom is -0.495 e. The minimum absolute atomic E-state index is 0.0278. The van der Waals surface area contributed by atoms with E-state index in [1.165, 1.54) is 37.4 Å². The highest BCUT2D eigenvalue weighted by Crippen LogP contribution is 2.26. The summed E-state index contributed by atoms with van der Waals surface area (Å²) >= 11 is 0. The molecule has 9 nitrogen and oxygen atoms in total. The summed E-state index contributed by atoms with van der Waals surface area (Å²) in [5.74, 6) is -0.106. The molecular formula is C22H23N3O6S2. The van der Waals surface area contributed by atoms with Crippen LogP contribution in [0.4, 0.5) is 17.1 Å². The minimum atomic E-state index is -3.90. The number of sulfonamides is 2. The Kier molecular flexibility index (Phi) is 6.94. The van der Waals surface area contributed by atoms with Gasteiger partial charge in [0.05, 0.1) is 29.6 Å². The lowest BCUT2D eigenvalue weighted by molar-refractivity contribution is 0.102. The summed E-state index contributed by atoms with van der Waals surface area (Å²) in [6.45, 7) is 1.73. The zero-order valence-electron chi connectivity index (χ0n) is 18.1. The topological polar surface area (TPSA) is 131 Å². The Balaban J connectivity index is 1.76. The summed E-state index contributed by atoms with van der Waals surface area (Å²) in [4.78, 5) is 12.6. The number of carbonyl (C=O) groups is 1. The molecule has 0 saturated heterocycles. The van der Waals surface area contributed by atoms with E-state index in [4.69, 9.17) is 4.74 Å². The molecule has 3 aromatic rings. The second-order valence-corrected chi connectivity index (χ2v) is 10.6. The zero-order valence-corrected chi connectivity index (χ0v) is 19.7. The van der Waals surface area contributed by atoms with E-state index in [9.17, 15) is 21.6 Å². The van der Waals surface area contributed by atoms with Crippen molar-refractivity contribution in [2.75, 3.05) is 28.1 Å². The Labute approximate surface area is 192 Å². The van der Waals surface area contributed by atoms with Gasteiger partial charge in [-0.15, -0.1) is 0 Å². The van der Waals surface area contributed by atoms with Crippen LogP contribution in [0.2, 0.25) is 0 Å². The van der Waals surface area contributed by atoms with E-state index in [0.29, 0.717) is 28.4 Å². The lowest BCUT2D eigenvalue weighted by Crippen LogP contribution is -2.15. The first-order valence-electron chi connectivity index (χ1n) is 9.64. The molecule has 0 aliphatic rings. The van der Waals surface area contributed by atoms with Crippen molar-refractivity contribution >= 4 is 43.0 Å². The smallest absolute Gasteiger partial charge is 0.262 e. The number of amides is 1. The van der Waals surface area contributed by atoms with Crippen LogP contribution in [0.25, 0.3) is 0 Å². The second-order valence-electron chi connectivity index (χ2n) is 7.19. The van der Waals surface area contributed by atoms with Gasteiger partial charge in [-0.25, -0.2) is 16.8 Å². The van der Waals surface area contributed by atoms with Crippen molar-refractivity contribution in [3.8, 4) is 5.75 Å². The van der Waals surface area contributed by atoms with Gasteiger partial charge in [0.15, 0.2) is 0 Å². The lowest BCUT2D eigenvalue weighted by Gasteiger charge is -2.12. The van der Waals surface area contributed by atoms with E-state index < -0.39 is 26.0 Å². The molecule has 33 heavy (non-hydrogen) atoms. The molecule has 0 aromatic heterocycles. The zero-order chi connectivity index (χ0) is 24.2. The van der Waals surface area contributed by atoms with Crippen LogP contribution < -0.4 is 19.5 Å². The molecule has 0 fully saturated rings. The van der Waals surface area contributed by atoms with Crippen molar-refractivity contribution in [2.24, 2.45) is 0 Å². The molecule has 0 spiro atoms. The van der Waals surface area contributed by atoms with E-state index in [0.717, 1.165) is 6.26 Å². The van der Waals surface area contributed by atoms with Crippen molar-refractivity contribution < 1.29 is 26.4 Å². The van der Waals surface area contributed by atoms with Crippen molar-refractivity contribution in [1.29, 1.82) is 0 Å². The quantitative estimate of drug-likeness (QED) is 0.444. The molecule has 3 aromatic carbocycles. The Morgan fingerprint density at radius 1 is 0.848 bits per heavy atom. The fraction of sp³-hybridized carbons (Fsp3) is 0.136. The third-order valence-corrected chi connectivity index (χ3v) is 6.54. The monoisotopic (exact) mass is 489 g/mol. The first-order chi connectivity index (χ1) is 15.5. The number of rotatable bonds is 8. The van der Waals surface area contributed by atoms with E-state index >= 15 is 0 Å². The standard InChI is InChI=1S/C22H23N3O6S2/c1-15-8-11-17(14-20(15)24-32(3,27)28)23-22(26)16-9-12-18(13-10-16)33(29,30)25-19-6-4-5-7-21(19)31-2/h4-14,24-25H,1-3H3,(H,23,26). The van der Waals surface area contributed by atoms with Crippen LogP contribution >= 0.6 is 0 Å². The summed E-state index contributed by atoms with van der Waals surface area (Å²) in [6, 6.07) is 16.8. The summed E-state index contributed by atoms with van der Waals surface area (Å²) < 4.78 is 58.4. The lowest BCUT2D eigenvalue weighted by atomic mass is 10.1. The molecular weight excluding hydrogens is 466 g/mol. The van der Waals surface area contributed by atoms with Gasteiger partial charge in [-0.2, -0.15) is 0 Å². The van der Waals surface area contributed by atoms with Crippen LogP contribution in [0, 0.1) is 6.92 Å². The van der Waals surface area contributed by atoms with Crippen LogP contribution in [0.5, 0.6) is 5.75 Å². The van der Waals surface area contributed by atoms with Gasteiger partial charge in [-0.05, 0) is 61.0 Å². The molecule has 0 atom stereocenters. The van der Waals surface area contributed by atoms with Crippen molar-refractivity contribution in [3.63, 3.8) is 0 Å². The van der Waals surface area contributed by atoms with Gasteiger partial charge < -0.3 is 10.1 Å². The number of carbonyl (C=O) groups excluding carboxylic acids is 1.